The summed E-state index contributed by atoms with van der Waals surface area (Å²) in [5.74, 6) is 0.937. The molecule has 2 aromatic rings. The number of imidazole rings is 1. The number of amides is 2. The first-order valence-electron chi connectivity index (χ1n) is 8.55. The number of para-hydroxylation sites is 2. The zero-order chi connectivity index (χ0) is 17.4. The van der Waals surface area contributed by atoms with E-state index in [-0.39, 0.29) is 17.9 Å². The number of aromatic nitrogens is 2. The lowest BCUT2D eigenvalue weighted by atomic mass is 10.1. The second-order valence-corrected chi connectivity index (χ2v) is 6.63. The predicted molar refractivity (Wildman–Crippen MR) is 94.1 cm³/mol. The Hall–Kier alpha value is -2.67. The maximum absolute atomic E-state index is 13.1. The zero-order valence-electron chi connectivity index (χ0n) is 14.2. The molecule has 3 heterocycles. The monoisotopic (exact) mass is 339 g/mol. The molecule has 1 aromatic heterocycles. The number of hydrogen-bond donors (Lipinski definition) is 1. The molecule has 130 valence electrons. The van der Waals surface area contributed by atoms with Crippen LogP contribution in [-0.4, -0.2) is 45.4 Å². The van der Waals surface area contributed by atoms with Gasteiger partial charge >= 0.3 is 0 Å². The Labute approximate surface area is 146 Å². The van der Waals surface area contributed by atoms with Crippen LogP contribution in [0.2, 0.25) is 0 Å². The highest BCUT2D eigenvalue weighted by Gasteiger charge is 2.31. The van der Waals surface area contributed by atoms with Crippen LogP contribution in [0.3, 0.4) is 0 Å². The van der Waals surface area contributed by atoms with Crippen molar-refractivity contribution in [3.05, 3.63) is 42.5 Å². The summed E-state index contributed by atoms with van der Waals surface area (Å²) in [4.78, 5) is 33.3. The topological polar surface area (TPSA) is 70.5 Å². The van der Waals surface area contributed by atoms with Gasteiger partial charge in [0.15, 0.2) is 0 Å². The van der Waals surface area contributed by atoms with Crippen molar-refractivity contribution in [2.24, 2.45) is 0 Å². The van der Waals surface area contributed by atoms with Crippen molar-refractivity contribution in [1.29, 1.82) is 0 Å². The van der Waals surface area contributed by atoms with Crippen LogP contribution in [0.5, 0.6) is 0 Å². The van der Waals surface area contributed by atoms with Crippen molar-refractivity contribution in [2.45, 2.75) is 32.5 Å². The maximum Gasteiger partial charge on any atom is 0.241 e. The molecule has 1 aromatic carbocycles. The third-order valence-corrected chi connectivity index (χ3v) is 4.81. The first-order valence-corrected chi connectivity index (χ1v) is 8.55. The summed E-state index contributed by atoms with van der Waals surface area (Å²) in [7, 11) is 0. The summed E-state index contributed by atoms with van der Waals surface area (Å²) in [5, 5.41) is 2.89. The van der Waals surface area contributed by atoms with Gasteiger partial charge in [0.1, 0.15) is 5.82 Å². The Morgan fingerprint density at radius 3 is 3.04 bits per heavy atom. The number of benzene rings is 1. The van der Waals surface area contributed by atoms with Crippen LogP contribution in [0.4, 0.5) is 11.4 Å². The minimum absolute atomic E-state index is 0.0106. The Balaban J connectivity index is 1.56. The highest BCUT2D eigenvalue weighted by Crippen LogP contribution is 2.31. The molecule has 7 heteroatoms. The lowest BCUT2D eigenvalue weighted by molar-refractivity contribution is -0.120. The fraction of sp³-hybridized carbons (Fsp3) is 0.389. The summed E-state index contributed by atoms with van der Waals surface area (Å²) in [6.07, 6.45) is 4.06. The molecule has 2 aliphatic heterocycles. The standard InChI is InChI=1S/C18H21N5O2/c1-13-10-17(24)20-14-4-2-3-5-15(14)23(13)18(25)12-21-8-9-22-7-6-19-16(22)11-21/h2-7,13H,8-12H2,1H3,(H,20,24)/t13-/m1/s1. The van der Waals surface area contributed by atoms with Gasteiger partial charge < -0.3 is 14.8 Å². The number of hydrogen-bond acceptors (Lipinski definition) is 4. The smallest absolute Gasteiger partial charge is 0.241 e. The van der Waals surface area contributed by atoms with Crippen LogP contribution in [0.1, 0.15) is 19.2 Å². The molecule has 4 rings (SSSR count). The summed E-state index contributed by atoms with van der Waals surface area (Å²) < 4.78 is 2.12. The molecule has 1 atom stereocenters. The maximum atomic E-state index is 13.1. The Morgan fingerprint density at radius 2 is 2.16 bits per heavy atom. The van der Waals surface area contributed by atoms with Gasteiger partial charge in [-0.05, 0) is 19.1 Å². The lowest BCUT2D eigenvalue weighted by Gasteiger charge is -2.32. The minimum atomic E-state index is -0.178. The number of nitrogens with one attached hydrogen (secondary N) is 1. The number of rotatable bonds is 2. The second-order valence-electron chi connectivity index (χ2n) is 6.63. The van der Waals surface area contributed by atoms with Gasteiger partial charge in [0.2, 0.25) is 11.8 Å². The summed E-state index contributed by atoms with van der Waals surface area (Å²) in [6.45, 7) is 4.56. The van der Waals surface area contributed by atoms with Crippen molar-refractivity contribution < 1.29 is 9.59 Å². The van der Waals surface area contributed by atoms with Gasteiger partial charge in [-0.25, -0.2) is 4.98 Å². The first-order chi connectivity index (χ1) is 12.1. The molecule has 2 amide bonds. The normalized spacial score (nSPS) is 20.4. The molecular formula is C18H21N5O2. The Kier molecular flexibility index (Phi) is 4.01. The van der Waals surface area contributed by atoms with Gasteiger partial charge in [-0.1, -0.05) is 12.1 Å². The molecule has 0 spiro atoms. The van der Waals surface area contributed by atoms with Crippen LogP contribution in [0.25, 0.3) is 0 Å². The van der Waals surface area contributed by atoms with E-state index in [4.69, 9.17) is 0 Å². The van der Waals surface area contributed by atoms with Gasteiger partial charge in [-0.3, -0.25) is 14.5 Å². The molecular weight excluding hydrogens is 318 g/mol. The zero-order valence-corrected chi connectivity index (χ0v) is 14.2. The molecule has 1 N–H and O–H groups in total. The average Bonchev–Trinajstić information content (AvgIpc) is 2.99. The van der Waals surface area contributed by atoms with Gasteiger partial charge in [0.25, 0.3) is 0 Å². The number of anilines is 2. The molecule has 0 saturated heterocycles. The van der Waals surface area contributed by atoms with Crippen LogP contribution in [0.15, 0.2) is 36.7 Å². The van der Waals surface area contributed by atoms with Crippen molar-refractivity contribution in [1.82, 2.24) is 14.5 Å². The van der Waals surface area contributed by atoms with Gasteiger partial charge in [-0.2, -0.15) is 0 Å². The quantitative estimate of drug-likeness (QED) is 0.899. The predicted octanol–water partition coefficient (Wildman–Crippen LogP) is 1.46. The van der Waals surface area contributed by atoms with Gasteiger partial charge in [-0.15, -0.1) is 0 Å². The third-order valence-electron chi connectivity index (χ3n) is 4.81. The molecule has 0 saturated carbocycles. The molecule has 7 nitrogen and oxygen atoms in total. The Morgan fingerprint density at radius 1 is 1.32 bits per heavy atom. The molecule has 2 aliphatic rings. The van der Waals surface area contributed by atoms with Crippen LogP contribution >= 0.6 is 0 Å². The average molecular weight is 339 g/mol. The van der Waals surface area contributed by atoms with E-state index in [2.05, 4.69) is 19.8 Å². The van der Waals surface area contributed by atoms with E-state index >= 15 is 0 Å². The lowest BCUT2D eigenvalue weighted by Crippen LogP contribution is -2.46. The minimum Gasteiger partial charge on any atom is -0.333 e. The number of carbonyl (C=O) groups excluding carboxylic acids is 2. The molecule has 0 aliphatic carbocycles. The van der Waals surface area contributed by atoms with Crippen LogP contribution in [-0.2, 0) is 22.7 Å². The second kappa shape index (κ2) is 6.33. The third kappa shape index (κ3) is 3.02. The fourth-order valence-corrected chi connectivity index (χ4v) is 3.59. The van der Waals surface area contributed by atoms with Crippen LogP contribution < -0.4 is 10.2 Å². The summed E-state index contributed by atoms with van der Waals surface area (Å²) in [5.41, 5.74) is 1.46. The highest BCUT2D eigenvalue weighted by atomic mass is 16.2. The molecule has 0 bridgehead atoms. The van der Waals surface area contributed by atoms with Crippen molar-refractivity contribution in [3.8, 4) is 0 Å². The van der Waals surface area contributed by atoms with E-state index in [1.165, 1.54) is 0 Å². The summed E-state index contributed by atoms with van der Waals surface area (Å²) in [6, 6.07) is 7.30. The first kappa shape index (κ1) is 15.8. The molecule has 0 fully saturated rings. The SMILES string of the molecule is C[C@@H]1CC(=O)Nc2ccccc2N1C(=O)CN1CCn2ccnc2C1. The van der Waals surface area contributed by atoms with E-state index in [1.807, 2.05) is 37.4 Å². The molecule has 0 radical (unpaired) electrons. The fourth-order valence-electron chi connectivity index (χ4n) is 3.59. The van der Waals surface area contributed by atoms with Crippen molar-refractivity contribution >= 4 is 23.2 Å². The molecule has 25 heavy (non-hydrogen) atoms. The van der Waals surface area contributed by atoms with E-state index in [1.54, 1.807) is 11.1 Å². The molecule has 0 unspecified atom stereocenters. The summed E-state index contributed by atoms with van der Waals surface area (Å²) >= 11 is 0. The van der Waals surface area contributed by atoms with Gasteiger partial charge in [0, 0.05) is 37.9 Å². The van der Waals surface area contributed by atoms with Crippen LogP contribution in [0, 0.1) is 0 Å². The van der Waals surface area contributed by atoms with Crippen molar-refractivity contribution in [2.75, 3.05) is 23.3 Å². The number of fused-ring (bicyclic) bond motifs is 2. The van der Waals surface area contributed by atoms with E-state index < -0.39 is 0 Å². The van der Waals surface area contributed by atoms with Crippen molar-refractivity contribution in [3.63, 3.8) is 0 Å². The van der Waals surface area contributed by atoms with E-state index in [0.29, 0.717) is 25.2 Å². The van der Waals surface area contributed by atoms with E-state index in [0.717, 1.165) is 24.6 Å². The van der Waals surface area contributed by atoms with Gasteiger partial charge in [0.05, 0.1) is 24.5 Å². The number of nitrogens with zero attached hydrogens (tertiary/aromatic N) is 4. The van der Waals surface area contributed by atoms with E-state index in [9.17, 15) is 9.59 Å². The number of carbonyl (C=O) groups is 2. The highest BCUT2D eigenvalue weighted by molar-refractivity contribution is 6.04. The largest absolute Gasteiger partial charge is 0.333 e. The Bertz CT molecular complexity index is 815.